The molecule has 3 N–H and O–H groups in total. The summed E-state index contributed by atoms with van der Waals surface area (Å²) in [7, 11) is 0. The van der Waals surface area contributed by atoms with Gasteiger partial charge in [0, 0.05) is 18.5 Å². The highest BCUT2D eigenvalue weighted by atomic mass is 16.5. The van der Waals surface area contributed by atoms with Gasteiger partial charge in [0.25, 0.3) is 0 Å². The van der Waals surface area contributed by atoms with Crippen LogP contribution in [0.5, 0.6) is 5.75 Å². The van der Waals surface area contributed by atoms with Gasteiger partial charge < -0.3 is 20.5 Å². The van der Waals surface area contributed by atoms with Crippen molar-refractivity contribution in [3.8, 4) is 5.75 Å². The van der Waals surface area contributed by atoms with Crippen LogP contribution in [0.2, 0.25) is 0 Å². The molecule has 6 heteroatoms. The number of amides is 1. The number of anilines is 1. The van der Waals surface area contributed by atoms with E-state index in [9.17, 15) is 14.7 Å². The first kappa shape index (κ1) is 21.8. The Balaban J connectivity index is 1.81. The normalized spacial score (nSPS) is 19.1. The van der Waals surface area contributed by atoms with Crippen LogP contribution in [0.3, 0.4) is 0 Å². The van der Waals surface area contributed by atoms with E-state index >= 15 is 0 Å². The van der Waals surface area contributed by atoms with Crippen molar-refractivity contribution in [3.63, 3.8) is 0 Å². The molecule has 1 aromatic carbocycles. The van der Waals surface area contributed by atoms with E-state index in [1.54, 1.807) is 6.07 Å². The molecule has 3 rings (SSSR count). The molecule has 1 aliphatic carbocycles. The number of nitrogens with one attached hydrogen (secondary N) is 2. The molecule has 1 unspecified atom stereocenters. The zero-order valence-corrected chi connectivity index (χ0v) is 17.8. The van der Waals surface area contributed by atoms with Gasteiger partial charge in [-0.05, 0) is 57.2 Å². The molecule has 6 nitrogen and oxygen atoms in total. The van der Waals surface area contributed by atoms with Gasteiger partial charge in [0.15, 0.2) is 5.75 Å². The summed E-state index contributed by atoms with van der Waals surface area (Å²) in [4.78, 5) is 24.7. The van der Waals surface area contributed by atoms with Gasteiger partial charge in [-0.1, -0.05) is 31.7 Å². The number of aliphatic hydroxyl groups excluding tert-OH is 1. The molecule has 1 aliphatic heterocycles. The lowest BCUT2D eigenvalue weighted by Crippen LogP contribution is -2.38. The van der Waals surface area contributed by atoms with Crippen molar-refractivity contribution < 1.29 is 19.4 Å². The second-order valence-corrected chi connectivity index (χ2v) is 9.31. The van der Waals surface area contributed by atoms with E-state index in [2.05, 4.69) is 10.6 Å². The van der Waals surface area contributed by atoms with Crippen LogP contribution in [-0.4, -0.2) is 29.1 Å². The summed E-state index contributed by atoms with van der Waals surface area (Å²) >= 11 is 0. The van der Waals surface area contributed by atoms with Crippen LogP contribution in [-0.2, 0) is 16.0 Å². The van der Waals surface area contributed by atoms with Crippen LogP contribution in [0.1, 0.15) is 82.9 Å². The molecule has 1 saturated carbocycles. The monoisotopic (exact) mass is 402 g/mol. The second kappa shape index (κ2) is 9.26. The average molecular weight is 403 g/mol. The van der Waals surface area contributed by atoms with Gasteiger partial charge in [0.1, 0.15) is 0 Å². The lowest BCUT2D eigenvalue weighted by molar-refractivity contribution is -0.139. The minimum atomic E-state index is -0.704. The molecular formula is C23H34N2O4. The Morgan fingerprint density at radius 2 is 1.90 bits per heavy atom. The predicted molar refractivity (Wildman–Crippen MR) is 113 cm³/mol. The van der Waals surface area contributed by atoms with Crippen molar-refractivity contribution >= 4 is 17.6 Å². The number of esters is 1. The Hall–Kier alpha value is -1.92. The smallest absolute Gasteiger partial charge is 0.314 e. The predicted octanol–water partition coefficient (Wildman–Crippen LogP) is 3.87. The number of β-amino-alcohol motifs (C(OH)–C–C–N with tert-alkyl or cyclic N) is 1. The van der Waals surface area contributed by atoms with E-state index in [1.807, 2.05) is 26.8 Å². The first-order valence-corrected chi connectivity index (χ1v) is 10.8. The van der Waals surface area contributed by atoms with Gasteiger partial charge in [-0.3, -0.25) is 9.59 Å². The second-order valence-electron chi connectivity index (χ2n) is 9.31. The van der Waals surface area contributed by atoms with Crippen LogP contribution < -0.4 is 15.4 Å². The number of carbonyl (C=O) groups is 2. The van der Waals surface area contributed by atoms with Gasteiger partial charge >= 0.3 is 5.97 Å². The number of benzene rings is 1. The zero-order valence-electron chi connectivity index (χ0n) is 17.8. The van der Waals surface area contributed by atoms with Crippen molar-refractivity contribution in [3.05, 3.63) is 23.3 Å². The molecule has 1 heterocycles. The number of hydrogen-bond donors (Lipinski definition) is 3. The van der Waals surface area contributed by atoms with Crippen molar-refractivity contribution in [1.82, 2.24) is 5.32 Å². The third-order valence-electron chi connectivity index (χ3n) is 5.76. The van der Waals surface area contributed by atoms with Crippen LogP contribution >= 0.6 is 0 Å². The van der Waals surface area contributed by atoms with Gasteiger partial charge in [-0.15, -0.1) is 0 Å². The van der Waals surface area contributed by atoms with Crippen molar-refractivity contribution in [2.24, 2.45) is 5.92 Å². The molecule has 29 heavy (non-hydrogen) atoms. The van der Waals surface area contributed by atoms with Crippen LogP contribution in [0, 0.1) is 5.92 Å². The molecule has 0 saturated heterocycles. The quantitative estimate of drug-likeness (QED) is 0.395. The van der Waals surface area contributed by atoms with E-state index in [4.69, 9.17) is 4.74 Å². The van der Waals surface area contributed by atoms with E-state index < -0.39 is 6.10 Å². The molecule has 160 valence electrons. The fourth-order valence-electron chi connectivity index (χ4n) is 4.11. The number of fused-ring (bicyclic) bond motifs is 1. The number of rotatable bonds is 5. The van der Waals surface area contributed by atoms with Gasteiger partial charge in [0.05, 0.1) is 17.7 Å². The topological polar surface area (TPSA) is 87.7 Å². The first-order chi connectivity index (χ1) is 13.7. The highest BCUT2D eigenvalue weighted by Crippen LogP contribution is 2.38. The SMILES string of the molecule is CC(C)(C)NCC(O)c1ccc(OC(=O)C2CCCCCC2)c2c1CCC(=O)N2. The summed E-state index contributed by atoms with van der Waals surface area (Å²) < 4.78 is 5.75. The number of aliphatic hydroxyl groups is 1. The molecule has 0 spiro atoms. The van der Waals surface area contributed by atoms with Crippen LogP contribution in [0.4, 0.5) is 5.69 Å². The van der Waals surface area contributed by atoms with Crippen molar-refractivity contribution in [1.29, 1.82) is 0 Å². The largest absolute Gasteiger partial charge is 0.424 e. The third kappa shape index (κ3) is 5.80. The fraction of sp³-hybridized carbons (Fsp3) is 0.652. The van der Waals surface area contributed by atoms with Gasteiger partial charge in [0.2, 0.25) is 5.91 Å². The number of carbonyl (C=O) groups excluding carboxylic acids is 2. The molecule has 0 radical (unpaired) electrons. The van der Waals surface area contributed by atoms with Crippen LogP contribution in [0.15, 0.2) is 12.1 Å². The fourth-order valence-corrected chi connectivity index (χ4v) is 4.11. The van der Waals surface area contributed by atoms with E-state index in [1.165, 1.54) is 12.8 Å². The van der Waals surface area contributed by atoms with Crippen molar-refractivity contribution in [2.45, 2.75) is 83.8 Å². The average Bonchev–Trinajstić information content (AvgIpc) is 2.95. The van der Waals surface area contributed by atoms with Crippen molar-refractivity contribution in [2.75, 3.05) is 11.9 Å². The minimum absolute atomic E-state index is 0.0753. The van der Waals surface area contributed by atoms with Crippen LogP contribution in [0.25, 0.3) is 0 Å². The Morgan fingerprint density at radius 1 is 1.21 bits per heavy atom. The highest BCUT2D eigenvalue weighted by molar-refractivity contribution is 5.96. The summed E-state index contributed by atoms with van der Waals surface area (Å²) in [5, 5.41) is 16.9. The Bertz CT molecular complexity index is 746. The molecule has 1 amide bonds. The van der Waals surface area contributed by atoms with E-state index in [0.717, 1.165) is 36.8 Å². The summed E-state index contributed by atoms with van der Waals surface area (Å²) in [6.45, 7) is 6.55. The Morgan fingerprint density at radius 3 is 2.55 bits per heavy atom. The first-order valence-electron chi connectivity index (χ1n) is 10.8. The molecule has 1 fully saturated rings. The number of ether oxygens (including phenoxy) is 1. The summed E-state index contributed by atoms with van der Waals surface area (Å²) in [5.74, 6) is 0.0102. The maximum absolute atomic E-state index is 12.7. The molecule has 1 atom stereocenters. The van der Waals surface area contributed by atoms with E-state index in [-0.39, 0.29) is 23.3 Å². The standard InChI is InChI=1S/C23H34N2O4/c1-23(2,3)24-14-18(26)16-10-12-19(21-17(16)11-13-20(27)25-21)29-22(28)15-8-6-4-5-7-9-15/h10,12,15,18,24,26H,4-9,11,13-14H2,1-3H3,(H,25,27). The Labute approximate surface area is 173 Å². The van der Waals surface area contributed by atoms with E-state index in [0.29, 0.717) is 30.8 Å². The molecule has 0 aromatic heterocycles. The third-order valence-corrected chi connectivity index (χ3v) is 5.76. The summed E-state index contributed by atoms with van der Waals surface area (Å²) in [5.41, 5.74) is 2.06. The maximum atomic E-state index is 12.7. The van der Waals surface area contributed by atoms with Gasteiger partial charge in [-0.2, -0.15) is 0 Å². The number of hydrogen-bond acceptors (Lipinski definition) is 5. The molecule has 2 aliphatic rings. The minimum Gasteiger partial charge on any atom is -0.424 e. The molecule has 1 aromatic rings. The maximum Gasteiger partial charge on any atom is 0.314 e. The summed E-state index contributed by atoms with van der Waals surface area (Å²) in [6, 6.07) is 3.52. The summed E-state index contributed by atoms with van der Waals surface area (Å²) in [6.07, 6.45) is 6.36. The lowest BCUT2D eigenvalue weighted by atomic mass is 9.93. The molecular weight excluding hydrogens is 368 g/mol. The Kier molecular flexibility index (Phi) is 6.96. The highest BCUT2D eigenvalue weighted by Gasteiger charge is 2.28. The van der Waals surface area contributed by atoms with Gasteiger partial charge in [-0.25, -0.2) is 0 Å². The zero-order chi connectivity index (χ0) is 21.0. The molecule has 0 bridgehead atoms. The lowest BCUT2D eigenvalue weighted by Gasteiger charge is -2.27.